The van der Waals surface area contributed by atoms with Crippen LogP contribution in [-0.4, -0.2) is 5.91 Å². The molecule has 1 saturated carbocycles. The van der Waals surface area contributed by atoms with E-state index in [4.69, 9.17) is 5.73 Å². The maximum absolute atomic E-state index is 12.9. The average molecular weight is 358 g/mol. The minimum absolute atomic E-state index is 0.205. The van der Waals surface area contributed by atoms with E-state index in [0.29, 0.717) is 0 Å². The Morgan fingerprint density at radius 2 is 1.85 bits per heavy atom. The maximum Gasteiger partial charge on any atom is 0.416 e. The lowest BCUT2D eigenvalue weighted by Crippen LogP contribution is -2.23. The summed E-state index contributed by atoms with van der Waals surface area (Å²) in [4.78, 5) is 11.8. The van der Waals surface area contributed by atoms with E-state index in [0.717, 1.165) is 36.1 Å². The molecule has 26 heavy (non-hydrogen) atoms. The minimum Gasteiger partial charge on any atom is -0.369 e. The van der Waals surface area contributed by atoms with Gasteiger partial charge in [0.05, 0.1) is 23.0 Å². The molecule has 6 heteroatoms. The normalized spacial score (nSPS) is 16.5. The van der Waals surface area contributed by atoms with Crippen molar-refractivity contribution < 1.29 is 18.0 Å². The number of halogens is 3. The summed E-state index contributed by atoms with van der Waals surface area (Å²) in [6.07, 6.45) is -2.61. The number of nitrogens with two attached hydrogens (primary N) is 1. The van der Waals surface area contributed by atoms with Crippen LogP contribution in [0.1, 0.15) is 41.0 Å². The van der Waals surface area contributed by atoms with Crippen LogP contribution in [0, 0.1) is 11.3 Å². The topological polar surface area (TPSA) is 66.9 Å². The van der Waals surface area contributed by atoms with Gasteiger partial charge in [0.25, 0.3) is 0 Å². The summed E-state index contributed by atoms with van der Waals surface area (Å²) in [5.41, 5.74) is 6.19. The van der Waals surface area contributed by atoms with Crippen molar-refractivity contribution in [1.29, 1.82) is 5.26 Å². The van der Waals surface area contributed by atoms with Crippen LogP contribution in [0.15, 0.2) is 48.5 Å². The summed E-state index contributed by atoms with van der Waals surface area (Å²) in [6.45, 7) is 0. The summed E-state index contributed by atoms with van der Waals surface area (Å²) in [5, 5.41) is 9.23. The number of carbonyl (C=O) groups excluding carboxylic acids is 1. The zero-order valence-electron chi connectivity index (χ0n) is 13.9. The van der Waals surface area contributed by atoms with E-state index in [2.05, 4.69) is 6.07 Å². The lowest BCUT2D eigenvalue weighted by molar-refractivity contribution is -0.137. The molecule has 134 valence electrons. The number of rotatable bonds is 5. The highest BCUT2D eigenvalue weighted by atomic mass is 19.4. The number of primary amides is 1. The van der Waals surface area contributed by atoms with E-state index in [1.165, 1.54) is 12.1 Å². The standard InChI is InChI=1S/C20H17F3N2O/c21-20(22,23)16-3-1-2-14(11-16)17(18(25)26)10-13-4-6-15(7-5-13)19(12-24)8-9-19/h1-7,11,17H,8-10H2,(H2,25,26). The number of nitrogens with zero attached hydrogens (tertiary/aromatic N) is 1. The first-order valence-electron chi connectivity index (χ1n) is 8.22. The lowest BCUT2D eigenvalue weighted by atomic mass is 9.89. The Labute approximate surface area is 149 Å². The predicted octanol–water partition coefficient (Wildman–Crippen LogP) is 4.07. The molecular formula is C20H17F3N2O. The van der Waals surface area contributed by atoms with Crippen molar-refractivity contribution in [2.45, 2.75) is 36.8 Å². The summed E-state index contributed by atoms with van der Waals surface area (Å²) in [5.74, 6) is -1.53. The van der Waals surface area contributed by atoms with Crippen LogP contribution in [0.4, 0.5) is 13.2 Å². The number of amides is 1. The van der Waals surface area contributed by atoms with Crippen LogP contribution in [0.3, 0.4) is 0 Å². The SMILES string of the molecule is N#CC1(c2ccc(CC(C(N)=O)c3cccc(C(F)(F)F)c3)cc2)CC1. The number of hydrogen-bond donors (Lipinski definition) is 1. The monoisotopic (exact) mass is 358 g/mol. The van der Waals surface area contributed by atoms with Crippen molar-refractivity contribution in [3.63, 3.8) is 0 Å². The highest BCUT2D eigenvalue weighted by Gasteiger charge is 2.44. The minimum atomic E-state index is -4.48. The van der Waals surface area contributed by atoms with Gasteiger partial charge >= 0.3 is 6.18 Å². The maximum atomic E-state index is 12.9. The van der Waals surface area contributed by atoms with Crippen LogP contribution >= 0.6 is 0 Å². The van der Waals surface area contributed by atoms with Crippen molar-refractivity contribution >= 4 is 5.91 Å². The Balaban J connectivity index is 1.84. The van der Waals surface area contributed by atoms with Crippen molar-refractivity contribution in [1.82, 2.24) is 0 Å². The van der Waals surface area contributed by atoms with Crippen LogP contribution in [0.5, 0.6) is 0 Å². The molecule has 1 fully saturated rings. The summed E-state index contributed by atoms with van der Waals surface area (Å²) < 4.78 is 38.7. The summed E-state index contributed by atoms with van der Waals surface area (Å²) in [6, 6.07) is 14.3. The van der Waals surface area contributed by atoms with E-state index in [-0.39, 0.29) is 12.0 Å². The Kier molecular flexibility index (Phi) is 4.49. The van der Waals surface area contributed by atoms with Gasteiger partial charge in [-0.1, -0.05) is 42.5 Å². The highest BCUT2D eigenvalue weighted by Crippen LogP contribution is 2.47. The van der Waals surface area contributed by atoms with E-state index in [1.54, 1.807) is 12.1 Å². The van der Waals surface area contributed by atoms with Gasteiger partial charge in [0, 0.05) is 0 Å². The molecule has 3 rings (SSSR count). The third-order valence-electron chi connectivity index (χ3n) is 4.87. The number of nitriles is 1. The van der Waals surface area contributed by atoms with Gasteiger partial charge in [-0.25, -0.2) is 0 Å². The molecule has 2 aromatic rings. The van der Waals surface area contributed by atoms with E-state index in [9.17, 15) is 23.2 Å². The number of benzene rings is 2. The Bertz CT molecular complexity index is 862. The summed E-state index contributed by atoms with van der Waals surface area (Å²) in [7, 11) is 0. The highest BCUT2D eigenvalue weighted by molar-refractivity contribution is 5.82. The fourth-order valence-corrected chi connectivity index (χ4v) is 3.10. The van der Waals surface area contributed by atoms with E-state index in [1.807, 2.05) is 12.1 Å². The lowest BCUT2D eigenvalue weighted by Gasteiger charge is -2.16. The van der Waals surface area contributed by atoms with Crippen LogP contribution in [0.2, 0.25) is 0 Å². The molecule has 0 heterocycles. The van der Waals surface area contributed by atoms with Gasteiger partial charge in [0.1, 0.15) is 0 Å². The fourth-order valence-electron chi connectivity index (χ4n) is 3.10. The molecule has 0 radical (unpaired) electrons. The molecule has 3 nitrogen and oxygen atoms in total. The first-order valence-corrected chi connectivity index (χ1v) is 8.22. The smallest absolute Gasteiger partial charge is 0.369 e. The van der Waals surface area contributed by atoms with Crippen molar-refractivity contribution in [3.8, 4) is 6.07 Å². The fraction of sp³-hybridized carbons (Fsp3) is 0.300. The van der Waals surface area contributed by atoms with Gasteiger partial charge in [-0.2, -0.15) is 18.4 Å². The molecular weight excluding hydrogens is 341 g/mol. The molecule has 0 spiro atoms. The van der Waals surface area contributed by atoms with Crippen molar-refractivity contribution in [2.24, 2.45) is 5.73 Å². The molecule has 0 aromatic heterocycles. The molecule has 2 N–H and O–H groups in total. The molecule has 1 aliphatic rings. The van der Waals surface area contributed by atoms with Crippen molar-refractivity contribution in [3.05, 3.63) is 70.8 Å². The molecule has 0 aliphatic heterocycles. The first kappa shape index (κ1) is 18.0. The zero-order valence-corrected chi connectivity index (χ0v) is 13.9. The Hall–Kier alpha value is -2.81. The van der Waals surface area contributed by atoms with Crippen LogP contribution in [0.25, 0.3) is 0 Å². The van der Waals surface area contributed by atoms with Gasteiger partial charge in [-0.05, 0) is 42.0 Å². The Morgan fingerprint density at radius 1 is 1.19 bits per heavy atom. The molecule has 0 bridgehead atoms. The van der Waals surface area contributed by atoms with Gasteiger partial charge in [-0.3, -0.25) is 4.79 Å². The summed E-state index contributed by atoms with van der Waals surface area (Å²) >= 11 is 0. The largest absolute Gasteiger partial charge is 0.416 e. The van der Waals surface area contributed by atoms with Crippen molar-refractivity contribution in [2.75, 3.05) is 0 Å². The molecule has 2 aromatic carbocycles. The quantitative estimate of drug-likeness (QED) is 0.875. The van der Waals surface area contributed by atoms with E-state index >= 15 is 0 Å². The van der Waals surface area contributed by atoms with E-state index < -0.39 is 29.0 Å². The molecule has 1 atom stereocenters. The second kappa shape index (κ2) is 6.49. The third kappa shape index (κ3) is 3.57. The van der Waals surface area contributed by atoms with Crippen LogP contribution in [-0.2, 0) is 22.8 Å². The predicted molar refractivity (Wildman–Crippen MR) is 90.1 cm³/mol. The van der Waals surface area contributed by atoms with Gasteiger partial charge in [-0.15, -0.1) is 0 Å². The second-order valence-electron chi connectivity index (χ2n) is 6.67. The van der Waals surface area contributed by atoms with Gasteiger partial charge in [0.2, 0.25) is 5.91 Å². The second-order valence-corrected chi connectivity index (χ2v) is 6.67. The number of carbonyl (C=O) groups is 1. The Morgan fingerprint density at radius 3 is 2.35 bits per heavy atom. The zero-order chi connectivity index (χ0) is 18.9. The average Bonchev–Trinajstić information content (AvgIpc) is 3.40. The molecule has 1 aliphatic carbocycles. The molecule has 0 saturated heterocycles. The number of alkyl halides is 3. The third-order valence-corrected chi connectivity index (χ3v) is 4.87. The van der Waals surface area contributed by atoms with Gasteiger partial charge < -0.3 is 5.73 Å². The number of hydrogen-bond acceptors (Lipinski definition) is 2. The first-order chi connectivity index (χ1) is 12.2. The van der Waals surface area contributed by atoms with Crippen LogP contribution < -0.4 is 5.73 Å². The van der Waals surface area contributed by atoms with Gasteiger partial charge in [0.15, 0.2) is 0 Å². The molecule has 1 amide bonds. The molecule has 1 unspecified atom stereocenters.